The summed E-state index contributed by atoms with van der Waals surface area (Å²) in [6, 6.07) is 0. The van der Waals surface area contributed by atoms with E-state index in [4.69, 9.17) is 5.11 Å². The first-order valence-electron chi connectivity index (χ1n) is 5.21. The Labute approximate surface area is 104 Å². The zero-order valence-electron chi connectivity index (χ0n) is 10.3. The Balaban J connectivity index is 2.74. The summed E-state index contributed by atoms with van der Waals surface area (Å²) in [7, 11) is 0. The number of aromatic nitrogens is 1. The molecule has 1 rings (SSSR count). The molecule has 0 bridgehead atoms. The average Bonchev–Trinajstić information content (AvgIpc) is 2.64. The fourth-order valence-corrected chi connectivity index (χ4v) is 1.94. The van der Waals surface area contributed by atoms with E-state index in [2.05, 4.69) is 10.3 Å². The first-order chi connectivity index (χ1) is 7.71. The normalized spacial score (nSPS) is 13.2. The molecule has 2 N–H and O–H groups in total. The maximum atomic E-state index is 11.5. The van der Waals surface area contributed by atoms with Crippen molar-refractivity contribution in [2.75, 3.05) is 5.32 Å². The Morgan fingerprint density at radius 3 is 2.47 bits per heavy atom. The molecule has 6 heteroatoms. The lowest BCUT2D eigenvalue weighted by molar-refractivity contribution is -0.144. The van der Waals surface area contributed by atoms with Crippen molar-refractivity contribution in [3.63, 3.8) is 0 Å². The van der Waals surface area contributed by atoms with Crippen LogP contribution in [0.1, 0.15) is 33.4 Å². The second-order valence-electron chi connectivity index (χ2n) is 4.84. The van der Waals surface area contributed by atoms with Crippen molar-refractivity contribution >= 4 is 28.3 Å². The molecule has 1 unspecified atom stereocenters. The number of hydrogen-bond acceptors (Lipinski definition) is 4. The van der Waals surface area contributed by atoms with Gasteiger partial charge in [-0.25, -0.2) is 4.98 Å². The lowest BCUT2D eigenvalue weighted by Gasteiger charge is -2.14. The van der Waals surface area contributed by atoms with Gasteiger partial charge in [0.15, 0.2) is 5.13 Å². The van der Waals surface area contributed by atoms with Gasteiger partial charge in [-0.3, -0.25) is 9.59 Å². The maximum Gasteiger partial charge on any atom is 0.315 e. The summed E-state index contributed by atoms with van der Waals surface area (Å²) in [5.41, 5.74) is 0.790. The third-order valence-electron chi connectivity index (χ3n) is 2.27. The Morgan fingerprint density at radius 2 is 2.06 bits per heavy atom. The van der Waals surface area contributed by atoms with Crippen LogP contribution in [0.25, 0.3) is 0 Å². The van der Waals surface area contributed by atoms with E-state index in [-0.39, 0.29) is 5.41 Å². The van der Waals surface area contributed by atoms with Gasteiger partial charge >= 0.3 is 5.97 Å². The van der Waals surface area contributed by atoms with E-state index in [9.17, 15) is 9.59 Å². The first-order valence-corrected chi connectivity index (χ1v) is 6.09. The molecule has 1 aromatic heterocycles. The highest BCUT2D eigenvalue weighted by atomic mass is 32.1. The van der Waals surface area contributed by atoms with Crippen LogP contribution in [0.4, 0.5) is 5.13 Å². The van der Waals surface area contributed by atoms with Crippen molar-refractivity contribution in [2.24, 2.45) is 5.92 Å². The summed E-state index contributed by atoms with van der Waals surface area (Å²) in [5, 5.41) is 13.5. The predicted molar refractivity (Wildman–Crippen MR) is 66.2 cm³/mol. The SMILES string of the molecule is CC(C(=O)O)C(=O)Nc1nc(C(C)(C)C)cs1. The number of nitrogens with one attached hydrogen (secondary N) is 1. The summed E-state index contributed by atoms with van der Waals surface area (Å²) in [6.45, 7) is 7.41. The molecule has 1 aromatic rings. The summed E-state index contributed by atoms with van der Waals surface area (Å²) >= 11 is 1.30. The zero-order chi connectivity index (χ0) is 13.2. The number of amides is 1. The Kier molecular flexibility index (Phi) is 3.87. The number of hydrogen-bond donors (Lipinski definition) is 2. The van der Waals surface area contributed by atoms with E-state index in [1.54, 1.807) is 0 Å². The van der Waals surface area contributed by atoms with E-state index in [0.29, 0.717) is 5.13 Å². The van der Waals surface area contributed by atoms with Gasteiger partial charge in [0, 0.05) is 10.8 Å². The van der Waals surface area contributed by atoms with Gasteiger partial charge in [0.05, 0.1) is 5.69 Å². The minimum absolute atomic E-state index is 0.0854. The molecule has 1 atom stereocenters. The fourth-order valence-electron chi connectivity index (χ4n) is 1.00. The Hall–Kier alpha value is -1.43. The van der Waals surface area contributed by atoms with Crippen LogP contribution in [0.2, 0.25) is 0 Å². The number of rotatable bonds is 3. The number of carbonyl (C=O) groups is 2. The van der Waals surface area contributed by atoms with Gasteiger partial charge in [-0.1, -0.05) is 20.8 Å². The minimum atomic E-state index is -1.14. The fraction of sp³-hybridized carbons (Fsp3) is 0.545. The van der Waals surface area contributed by atoms with Crippen LogP contribution in [0.5, 0.6) is 0 Å². The van der Waals surface area contributed by atoms with Gasteiger partial charge in [-0.15, -0.1) is 11.3 Å². The van der Waals surface area contributed by atoms with Gasteiger partial charge in [0.1, 0.15) is 5.92 Å². The second kappa shape index (κ2) is 4.83. The maximum absolute atomic E-state index is 11.5. The molecule has 0 saturated heterocycles. The predicted octanol–water partition coefficient (Wildman–Crippen LogP) is 2.10. The number of aliphatic carboxylic acids is 1. The van der Waals surface area contributed by atoms with Crippen molar-refractivity contribution in [1.29, 1.82) is 0 Å². The molecule has 0 radical (unpaired) electrons. The quantitative estimate of drug-likeness (QED) is 0.812. The number of anilines is 1. The number of carbonyl (C=O) groups excluding carboxylic acids is 1. The van der Waals surface area contributed by atoms with Crippen LogP contribution in [0.15, 0.2) is 5.38 Å². The molecule has 1 amide bonds. The van der Waals surface area contributed by atoms with Gasteiger partial charge in [-0.05, 0) is 6.92 Å². The van der Waals surface area contributed by atoms with E-state index < -0.39 is 17.8 Å². The number of thiazole rings is 1. The summed E-state index contributed by atoms with van der Waals surface area (Å²) in [4.78, 5) is 26.4. The Morgan fingerprint density at radius 1 is 1.47 bits per heavy atom. The number of carboxylic acids is 1. The van der Waals surface area contributed by atoms with Crippen molar-refractivity contribution in [1.82, 2.24) is 4.98 Å². The molecule has 0 aromatic carbocycles. The van der Waals surface area contributed by atoms with Crippen LogP contribution in [-0.2, 0) is 15.0 Å². The molecule has 0 fully saturated rings. The monoisotopic (exact) mass is 256 g/mol. The van der Waals surface area contributed by atoms with Gasteiger partial charge < -0.3 is 10.4 Å². The number of nitrogens with zero attached hydrogens (tertiary/aromatic N) is 1. The lowest BCUT2D eigenvalue weighted by Crippen LogP contribution is -2.26. The molecule has 0 aliphatic rings. The molecule has 1 heterocycles. The summed E-state index contributed by atoms with van der Waals surface area (Å²) in [6.07, 6.45) is 0. The van der Waals surface area contributed by atoms with Crippen molar-refractivity contribution in [3.05, 3.63) is 11.1 Å². The lowest BCUT2D eigenvalue weighted by atomic mass is 9.93. The molecular formula is C11H16N2O3S. The summed E-state index contributed by atoms with van der Waals surface area (Å²) < 4.78 is 0. The highest BCUT2D eigenvalue weighted by Crippen LogP contribution is 2.26. The third-order valence-corrected chi connectivity index (χ3v) is 3.02. The van der Waals surface area contributed by atoms with Gasteiger partial charge in [-0.2, -0.15) is 0 Å². The largest absolute Gasteiger partial charge is 0.481 e. The van der Waals surface area contributed by atoms with Crippen molar-refractivity contribution in [2.45, 2.75) is 33.1 Å². The Bertz CT molecular complexity index is 434. The van der Waals surface area contributed by atoms with Gasteiger partial charge in [0.25, 0.3) is 0 Å². The molecular weight excluding hydrogens is 240 g/mol. The van der Waals surface area contributed by atoms with E-state index in [1.165, 1.54) is 18.3 Å². The van der Waals surface area contributed by atoms with E-state index in [1.807, 2.05) is 26.2 Å². The molecule has 0 saturated carbocycles. The van der Waals surface area contributed by atoms with Crippen molar-refractivity contribution < 1.29 is 14.7 Å². The van der Waals surface area contributed by atoms with Gasteiger partial charge in [0.2, 0.25) is 5.91 Å². The van der Waals surface area contributed by atoms with Crippen LogP contribution in [0, 0.1) is 5.92 Å². The van der Waals surface area contributed by atoms with E-state index >= 15 is 0 Å². The van der Waals surface area contributed by atoms with Crippen LogP contribution < -0.4 is 5.32 Å². The zero-order valence-corrected chi connectivity index (χ0v) is 11.1. The molecule has 0 aliphatic carbocycles. The molecule has 0 aliphatic heterocycles. The topological polar surface area (TPSA) is 79.3 Å². The number of carboxylic acid groups (broad SMARTS) is 1. The van der Waals surface area contributed by atoms with Crippen LogP contribution >= 0.6 is 11.3 Å². The third kappa shape index (κ3) is 3.52. The standard InChI is InChI=1S/C11H16N2O3S/c1-6(9(15)16)8(14)13-10-12-7(5-17-10)11(2,3)4/h5-6H,1-4H3,(H,15,16)(H,12,13,14). The van der Waals surface area contributed by atoms with E-state index in [0.717, 1.165) is 5.69 Å². The van der Waals surface area contributed by atoms with Crippen LogP contribution in [-0.4, -0.2) is 22.0 Å². The first kappa shape index (κ1) is 13.6. The average molecular weight is 256 g/mol. The minimum Gasteiger partial charge on any atom is -0.481 e. The molecule has 94 valence electrons. The molecule has 0 spiro atoms. The highest BCUT2D eigenvalue weighted by Gasteiger charge is 2.23. The second-order valence-corrected chi connectivity index (χ2v) is 5.70. The molecule has 17 heavy (non-hydrogen) atoms. The van der Waals surface area contributed by atoms with Crippen LogP contribution in [0.3, 0.4) is 0 Å². The summed E-state index contributed by atoms with van der Waals surface area (Å²) in [5.74, 6) is -2.76. The van der Waals surface area contributed by atoms with Crippen molar-refractivity contribution in [3.8, 4) is 0 Å². The molecule has 5 nitrogen and oxygen atoms in total. The smallest absolute Gasteiger partial charge is 0.315 e. The highest BCUT2D eigenvalue weighted by molar-refractivity contribution is 7.14.